The van der Waals surface area contributed by atoms with E-state index in [-0.39, 0.29) is 4.75 Å². The Labute approximate surface area is 135 Å². The molecule has 2 N–H and O–H groups in total. The number of sulfonamides is 1. The second-order valence-corrected chi connectivity index (χ2v) is 10.5. The van der Waals surface area contributed by atoms with Crippen molar-refractivity contribution >= 4 is 33.1 Å². The van der Waals surface area contributed by atoms with Gasteiger partial charge in [0.2, 0.25) is 10.0 Å². The van der Waals surface area contributed by atoms with Crippen molar-refractivity contribution in [2.45, 2.75) is 54.8 Å². The van der Waals surface area contributed by atoms with Crippen LogP contribution >= 0.6 is 23.1 Å². The van der Waals surface area contributed by atoms with Crippen molar-refractivity contribution in [2.24, 2.45) is 0 Å². The molecule has 2 heterocycles. The molecule has 2 aliphatic rings. The van der Waals surface area contributed by atoms with E-state index >= 15 is 0 Å². The van der Waals surface area contributed by atoms with E-state index in [9.17, 15) is 8.42 Å². The first-order valence-corrected chi connectivity index (χ1v) is 10.8. The van der Waals surface area contributed by atoms with Gasteiger partial charge in [0.05, 0.1) is 4.90 Å². The highest BCUT2D eigenvalue weighted by molar-refractivity contribution is 8.01. The average molecular weight is 347 g/mol. The predicted molar refractivity (Wildman–Crippen MR) is 89.5 cm³/mol. The third-order valence-electron chi connectivity index (χ3n) is 4.06. The number of hydrogen-bond acceptors (Lipinski definition) is 5. The van der Waals surface area contributed by atoms with Crippen LogP contribution in [0.5, 0.6) is 0 Å². The zero-order valence-corrected chi connectivity index (χ0v) is 14.7. The first-order chi connectivity index (χ1) is 9.99. The minimum atomic E-state index is -3.39. The van der Waals surface area contributed by atoms with Gasteiger partial charge < -0.3 is 5.32 Å². The summed E-state index contributed by atoms with van der Waals surface area (Å²) in [6, 6.07) is 2.31. The summed E-state index contributed by atoms with van der Waals surface area (Å²) in [5.41, 5.74) is 0. The molecule has 0 amide bonds. The Morgan fingerprint density at radius 1 is 1.43 bits per heavy atom. The van der Waals surface area contributed by atoms with Crippen LogP contribution in [0, 0.1) is 0 Å². The Kier molecular flexibility index (Phi) is 4.66. The quantitative estimate of drug-likeness (QED) is 0.797. The summed E-state index contributed by atoms with van der Waals surface area (Å²) in [6.07, 6.45) is 4.68. The summed E-state index contributed by atoms with van der Waals surface area (Å²) >= 11 is 3.39. The Morgan fingerprint density at radius 2 is 2.24 bits per heavy atom. The van der Waals surface area contributed by atoms with Crippen molar-refractivity contribution in [2.75, 3.05) is 12.3 Å². The number of hydrogen-bond donors (Lipinski definition) is 2. The van der Waals surface area contributed by atoms with Gasteiger partial charge in [0, 0.05) is 28.8 Å². The van der Waals surface area contributed by atoms with Crippen molar-refractivity contribution in [3.63, 3.8) is 0 Å². The van der Waals surface area contributed by atoms with E-state index in [1.165, 1.54) is 30.6 Å². The zero-order chi connectivity index (χ0) is 14.9. The van der Waals surface area contributed by atoms with E-state index in [0.29, 0.717) is 24.0 Å². The molecule has 0 radical (unpaired) electrons. The van der Waals surface area contributed by atoms with Gasteiger partial charge in [-0.15, -0.1) is 11.3 Å². The largest absolute Gasteiger partial charge is 0.309 e. The van der Waals surface area contributed by atoms with Crippen molar-refractivity contribution in [1.82, 2.24) is 10.0 Å². The smallest absolute Gasteiger partial charge is 0.241 e. The highest BCUT2D eigenvalue weighted by atomic mass is 32.2. The number of thioether (sulfide) groups is 1. The molecule has 118 valence electrons. The summed E-state index contributed by atoms with van der Waals surface area (Å²) in [7, 11) is -3.39. The maximum Gasteiger partial charge on any atom is 0.241 e. The molecule has 0 aromatic carbocycles. The van der Waals surface area contributed by atoms with Gasteiger partial charge in [-0.05, 0) is 49.8 Å². The minimum absolute atomic E-state index is 0.0511. The zero-order valence-electron chi connectivity index (χ0n) is 12.2. The van der Waals surface area contributed by atoms with Gasteiger partial charge >= 0.3 is 0 Å². The second kappa shape index (κ2) is 6.20. The molecule has 0 spiro atoms. The van der Waals surface area contributed by atoms with Crippen molar-refractivity contribution in [3.8, 4) is 0 Å². The molecule has 7 heteroatoms. The van der Waals surface area contributed by atoms with Crippen molar-refractivity contribution < 1.29 is 8.42 Å². The fraction of sp³-hybridized carbons (Fsp3) is 0.714. The lowest BCUT2D eigenvalue weighted by molar-refractivity contribution is 0.551. The Balaban J connectivity index is 1.64. The highest BCUT2D eigenvalue weighted by Crippen LogP contribution is 2.37. The Bertz CT molecular complexity index is 587. The van der Waals surface area contributed by atoms with E-state index in [2.05, 4.69) is 17.0 Å². The Hall–Kier alpha value is -0.0800. The maximum atomic E-state index is 12.5. The average Bonchev–Trinajstić information content (AvgIpc) is 2.97. The molecule has 4 nitrogen and oxygen atoms in total. The molecule has 0 bridgehead atoms. The molecular weight excluding hydrogens is 324 g/mol. The minimum Gasteiger partial charge on any atom is -0.309 e. The third-order valence-corrected chi connectivity index (χ3v) is 8.13. The van der Waals surface area contributed by atoms with Crippen molar-refractivity contribution in [1.29, 1.82) is 0 Å². The molecule has 2 fully saturated rings. The molecule has 3 rings (SSSR count). The molecule has 1 aliphatic heterocycles. The fourth-order valence-corrected chi connectivity index (χ4v) is 6.42. The molecule has 21 heavy (non-hydrogen) atoms. The van der Waals surface area contributed by atoms with Gasteiger partial charge in [0.15, 0.2) is 0 Å². The van der Waals surface area contributed by atoms with Crippen LogP contribution in [0.25, 0.3) is 0 Å². The molecule has 1 unspecified atom stereocenters. The molecule has 1 aromatic heterocycles. The molecule has 1 aliphatic carbocycles. The van der Waals surface area contributed by atoms with Gasteiger partial charge in [0.1, 0.15) is 0 Å². The lowest BCUT2D eigenvalue weighted by Gasteiger charge is -2.22. The number of nitrogens with one attached hydrogen (secondary N) is 2. The second-order valence-electron chi connectivity index (χ2n) is 6.09. The van der Waals surface area contributed by atoms with Crippen LogP contribution in [0.3, 0.4) is 0 Å². The van der Waals surface area contributed by atoms with Gasteiger partial charge in [-0.25, -0.2) is 13.1 Å². The molecule has 1 saturated heterocycles. The first kappa shape index (κ1) is 15.8. The van der Waals surface area contributed by atoms with Gasteiger partial charge in [-0.3, -0.25) is 0 Å². The summed E-state index contributed by atoms with van der Waals surface area (Å²) in [6.45, 7) is 3.33. The van der Waals surface area contributed by atoms with Crippen LogP contribution < -0.4 is 10.0 Å². The maximum absolute atomic E-state index is 12.5. The predicted octanol–water partition coefficient (Wildman–Crippen LogP) is 2.56. The highest BCUT2D eigenvalue weighted by Gasteiger charge is 2.32. The van der Waals surface area contributed by atoms with Crippen LogP contribution in [0.15, 0.2) is 16.3 Å². The van der Waals surface area contributed by atoms with E-state index in [4.69, 9.17) is 0 Å². The standard InChI is InChI=1S/C14H22N2O2S3/c1-14(6-2-7-20-14)10-16-21(17,18)13-5-8-19-12(13)9-15-11-3-4-11/h5,8,11,15-16H,2-4,6-7,9-10H2,1H3. The van der Waals surface area contributed by atoms with E-state index in [0.717, 1.165) is 17.1 Å². The van der Waals surface area contributed by atoms with Crippen LogP contribution in [-0.2, 0) is 16.6 Å². The molecule has 1 saturated carbocycles. The SMILES string of the molecule is CC1(CNS(=O)(=O)c2ccsc2CNC2CC2)CCCS1. The molecular formula is C14H22N2O2S3. The first-order valence-electron chi connectivity index (χ1n) is 7.42. The lowest BCUT2D eigenvalue weighted by atomic mass is 10.1. The summed E-state index contributed by atoms with van der Waals surface area (Å²) < 4.78 is 27.9. The molecule has 1 aromatic rings. The lowest BCUT2D eigenvalue weighted by Crippen LogP contribution is -2.37. The Morgan fingerprint density at radius 3 is 2.90 bits per heavy atom. The van der Waals surface area contributed by atoms with E-state index in [1.54, 1.807) is 6.07 Å². The van der Waals surface area contributed by atoms with E-state index < -0.39 is 10.0 Å². The summed E-state index contributed by atoms with van der Waals surface area (Å²) in [4.78, 5) is 1.37. The molecule has 1 atom stereocenters. The van der Waals surface area contributed by atoms with Gasteiger partial charge in [-0.2, -0.15) is 11.8 Å². The van der Waals surface area contributed by atoms with Crippen LogP contribution in [0.2, 0.25) is 0 Å². The normalized spacial score (nSPS) is 26.3. The third kappa shape index (κ3) is 4.01. The monoisotopic (exact) mass is 346 g/mol. The van der Waals surface area contributed by atoms with Gasteiger partial charge in [0.25, 0.3) is 0 Å². The van der Waals surface area contributed by atoms with Gasteiger partial charge in [-0.1, -0.05) is 0 Å². The fourth-order valence-electron chi connectivity index (χ4n) is 2.52. The van der Waals surface area contributed by atoms with E-state index in [1.807, 2.05) is 17.1 Å². The topological polar surface area (TPSA) is 58.2 Å². The van der Waals surface area contributed by atoms with Crippen LogP contribution in [0.1, 0.15) is 37.5 Å². The van der Waals surface area contributed by atoms with Crippen LogP contribution in [0.4, 0.5) is 0 Å². The van der Waals surface area contributed by atoms with Crippen LogP contribution in [-0.4, -0.2) is 31.5 Å². The summed E-state index contributed by atoms with van der Waals surface area (Å²) in [5.74, 6) is 1.13. The summed E-state index contributed by atoms with van der Waals surface area (Å²) in [5, 5.41) is 5.26. The number of thiophene rings is 1. The van der Waals surface area contributed by atoms with Crippen molar-refractivity contribution in [3.05, 3.63) is 16.3 Å². The number of rotatable bonds is 7.